The number of thiocarbonyl (C=S) groups is 1. The molecule has 0 saturated carbocycles. The normalized spacial score (nSPS) is 22.1. The number of rotatable bonds is 1. The highest BCUT2D eigenvalue weighted by Gasteiger charge is 2.49. The summed E-state index contributed by atoms with van der Waals surface area (Å²) in [5, 5.41) is 1.81. The maximum absolute atomic E-state index is 12.8. The Balaban J connectivity index is 1.77. The van der Waals surface area contributed by atoms with Crippen LogP contribution in [0.25, 0.3) is 10.9 Å². The van der Waals surface area contributed by atoms with Gasteiger partial charge in [-0.15, -0.1) is 0 Å². The van der Waals surface area contributed by atoms with Gasteiger partial charge in [0.25, 0.3) is 5.91 Å². The lowest BCUT2D eigenvalue weighted by Gasteiger charge is -2.37. The van der Waals surface area contributed by atoms with E-state index in [1.54, 1.807) is 11.9 Å². The van der Waals surface area contributed by atoms with Crippen molar-refractivity contribution >= 4 is 34.1 Å². The Morgan fingerprint density at radius 3 is 2.62 bits per heavy atom. The fourth-order valence-electron chi connectivity index (χ4n) is 4.30. The van der Waals surface area contributed by atoms with Crippen LogP contribution in [0.3, 0.4) is 0 Å². The van der Waals surface area contributed by atoms with Crippen LogP contribution in [0.1, 0.15) is 28.4 Å². The molecule has 5 heteroatoms. The van der Waals surface area contributed by atoms with E-state index in [0.29, 0.717) is 11.5 Å². The van der Waals surface area contributed by atoms with Gasteiger partial charge in [0, 0.05) is 30.1 Å². The highest BCUT2D eigenvalue weighted by atomic mass is 32.1. The van der Waals surface area contributed by atoms with Gasteiger partial charge in [-0.1, -0.05) is 48.0 Å². The number of H-pyrrole nitrogens is 1. The molecule has 2 aromatic carbocycles. The molecule has 5 rings (SSSR count). The smallest absolute Gasteiger partial charge is 0.251 e. The second kappa shape index (κ2) is 5.42. The minimum atomic E-state index is -0.231. The molecular formula is C21H19N3OS. The molecule has 0 unspecified atom stereocenters. The van der Waals surface area contributed by atoms with Gasteiger partial charge in [-0.05, 0) is 36.3 Å². The summed E-state index contributed by atoms with van der Waals surface area (Å²) in [4.78, 5) is 20.2. The first-order valence-electron chi connectivity index (χ1n) is 8.82. The summed E-state index contributed by atoms with van der Waals surface area (Å²) >= 11 is 5.65. The van der Waals surface area contributed by atoms with Crippen LogP contribution in [0, 0.1) is 6.92 Å². The van der Waals surface area contributed by atoms with E-state index in [1.165, 1.54) is 16.5 Å². The van der Waals surface area contributed by atoms with Crippen LogP contribution < -0.4 is 0 Å². The van der Waals surface area contributed by atoms with Crippen LogP contribution in [-0.4, -0.2) is 38.9 Å². The van der Waals surface area contributed by atoms with Crippen molar-refractivity contribution < 1.29 is 4.79 Å². The van der Waals surface area contributed by atoms with Crippen molar-refractivity contribution in [2.45, 2.75) is 25.4 Å². The van der Waals surface area contributed by atoms with Gasteiger partial charge in [0.15, 0.2) is 5.11 Å². The second-order valence-electron chi connectivity index (χ2n) is 7.18. The van der Waals surface area contributed by atoms with E-state index in [1.807, 2.05) is 6.07 Å². The van der Waals surface area contributed by atoms with Crippen LogP contribution in [0.2, 0.25) is 0 Å². The predicted octanol–water partition coefficient (Wildman–Crippen LogP) is 3.55. The molecule has 3 aromatic rings. The molecule has 2 aliphatic heterocycles. The third kappa shape index (κ3) is 2.01. The SMILES string of the molecule is Cc1ccc([C@H]2c3[nH]c4ccccc4c3C[C@H]3C(=O)N(C)C(=S)N23)cc1. The van der Waals surface area contributed by atoms with Crippen LogP contribution in [0.5, 0.6) is 0 Å². The fraction of sp³-hybridized carbons (Fsp3) is 0.238. The lowest BCUT2D eigenvalue weighted by Crippen LogP contribution is -2.44. The molecule has 0 spiro atoms. The summed E-state index contributed by atoms with van der Waals surface area (Å²) in [6.07, 6.45) is 0.686. The van der Waals surface area contributed by atoms with Gasteiger partial charge in [0.1, 0.15) is 6.04 Å². The molecule has 1 fully saturated rings. The van der Waals surface area contributed by atoms with Crippen LogP contribution >= 0.6 is 12.2 Å². The van der Waals surface area contributed by atoms with Crippen LogP contribution in [-0.2, 0) is 11.2 Å². The van der Waals surface area contributed by atoms with E-state index >= 15 is 0 Å². The van der Waals surface area contributed by atoms with Gasteiger partial charge >= 0.3 is 0 Å². The Kier molecular flexibility index (Phi) is 3.25. The van der Waals surface area contributed by atoms with Gasteiger partial charge in [-0.2, -0.15) is 0 Å². The Hall–Kier alpha value is -2.66. The summed E-state index contributed by atoms with van der Waals surface area (Å²) in [7, 11) is 1.78. The average Bonchev–Trinajstić information content (AvgIpc) is 3.13. The summed E-state index contributed by atoms with van der Waals surface area (Å²) in [6.45, 7) is 2.08. The fourth-order valence-corrected chi connectivity index (χ4v) is 4.62. The van der Waals surface area contributed by atoms with Crippen molar-refractivity contribution in [3.63, 3.8) is 0 Å². The van der Waals surface area contributed by atoms with E-state index in [0.717, 1.165) is 16.8 Å². The second-order valence-corrected chi connectivity index (χ2v) is 7.55. The maximum atomic E-state index is 12.8. The minimum absolute atomic E-state index is 0.0712. The van der Waals surface area contributed by atoms with E-state index in [-0.39, 0.29) is 18.0 Å². The summed E-state index contributed by atoms with van der Waals surface area (Å²) in [5.74, 6) is 0.0862. The molecule has 1 saturated heterocycles. The highest BCUT2D eigenvalue weighted by molar-refractivity contribution is 7.80. The number of hydrogen-bond donors (Lipinski definition) is 1. The molecular weight excluding hydrogens is 342 g/mol. The number of aromatic amines is 1. The largest absolute Gasteiger partial charge is 0.356 e. The Bertz CT molecular complexity index is 1050. The number of amides is 1. The number of nitrogens with one attached hydrogen (secondary N) is 1. The molecule has 1 amide bonds. The molecule has 0 bridgehead atoms. The number of para-hydroxylation sites is 1. The number of nitrogens with zero attached hydrogens (tertiary/aromatic N) is 2. The lowest BCUT2D eigenvalue weighted by molar-refractivity contribution is -0.127. The summed E-state index contributed by atoms with van der Waals surface area (Å²) in [5.41, 5.74) is 5.87. The van der Waals surface area contributed by atoms with Crippen molar-refractivity contribution in [1.82, 2.24) is 14.8 Å². The molecule has 26 heavy (non-hydrogen) atoms. The Morgan fingerprint density at radius 1 is 1.12 bits per heavy atom. The zero-order chi connectivity index (χ0) is 18.0. The highest BCUT2D eigenvalue weighted by Crippen LogP contribution is 2.43. The maximum Gasteiger partial charge on any atom is 0.251 e. The van der Waals surface area contributed by atoms with Crippen molar-refractivity contribution in [2.75, 3.05) is 7.05 Å². The predicted molar refractivity (Wildman–Crippen MR) is 106 cm³/mol. The number of carbonyl (C=O) groups excluding carboxylic acids is 1. The first-order chi connectivity index (χ1) is 12.6. The lowest BCUT2D eigenvalue weighted by atomic mass is 9.88. The molecule has 1 aromatic heterocycles. The number of likely N-dealkylation sites (N-methyl/N-ethyl adjacent to an activating group) is 1. The third-order valence-corrected chi connectivity index (χ3v) is 6.13. The number of hydrogen-bond acceptors (Lipinski definition) is 2. The zero-order valence-electron chi connectivity index (χ0n) is 14.7. The van der Waals surface area contributed by atoms with E-state index in [9.17, 15) is 4.79 Å². The Morgan fingerprint density at radius 2 is 1.85 bits per heavy atom. The molecule has 130 valence electrons. The first kappa shape index (κ1) is 15.6. The number of aromatic nitrogens is 1. The van der Waals surface area contributed by atoms with Crippen molar-refractivity contribution in [1.29, 1.82) is 0 Å². The number of carbonyl (C=O) groups is 1. The molecule has 2 atom stereocenters. The van der Waals surface area contributed by atoms with Gasteiger partial charge < -0.3 is 9.88 Å². The zero-order valence-corrected chi connectivity index (χ0v) is 15.5. The molecule has 4 nitrogen and oxygen atoms in total. The standard InChI is InChI=1S/C21H19N3OS/c1-12-7-9-13(10-8-12)19-18-15(14-5-3-4-6-16(14)22-18)11-17-20(25)23(2)21(26)24(17)19/h3-10,17,19,22H,11H2,1-2H3/t17-,19-/m0/s1. The third-order valence-electron chi connectivity index (χ3n) is 5.65. The van der Waals surface area contributed by atoms with E-state index < -0.39 is 0 Å². The molecule has 2 aliphatic rings. The van der Waals surface area contributed by atoms with Gasteiger partial charge in [-0.3, -0.25) is 9.69 Å². The van der Waals surface area contributed by atoms with Crippen LogP contribution in [0.15, 0.2) is 48.5 Å². The van der Waals surface area contributed by atoms with Crippen molar-refractivity contribution in [2.24, 2.45) is 0 Å². The quantitative estimate of drug-likeness (QED) is 0.674. The summed E-state index contributed by atoms with van der Waals surface area (Å²) in [6, 6.07) is 16.5. The average molecular weight is 361 g/mol. The number of fused-ring (bicyclic) bond motifs is 4. The number of aryl methyl sites for hydroxylation is 1. The first-order valence-corrected chi connectivity index (χ1v) is 9.23. The van der Waals surface area contributed by atoms with Crippen LogP contribution in [0.4, 0.5) is 0 Å². The topological polar surface area (TPSA) is 39.3 Å². The van der Waals surface area contributed by atoms with Crippen molar-refractivity contribution in [3.05, 3.63) is 70.9 Å². The molecule has 1 N–H and O–H groups in total. The molecule has 0 aliphatic carbocycles. The number of benzene rings is 2. The van der Waals surface area contributed by atoms with Crippen molar-refractivity contribution in [3.8, 4) is 0 Å². The van der Waals surface area contributed by atoms with E-state index in [2.05, 4.69) is 59.3 Å². The van der Waals surface area contributed by atoms with Gasteiger partial charge in [0.2, 0.25) is 0 Å². The molecule has 0 radical (unpaired) electrons. The monoisotopic (exact) mass is 361 g/mol. The van der Waals surface area contributed by atoms with Gasteiger partial charge in [-0.25, -0.2) is 0 Å². The minimum Gasteiger partial charge on any atom is -0.356 e. The molecule has 3 heterocycles. The van der Waals surface area contributed by atoms with Gasteiger partial charge in [0.05, 0.1) is 6.04 Å². The van der Waals surface area contributed by atoms with E-state index in [4.69, 9.17) is 12.2 Å². The summed E-state index contributed by atoms with van der Waals surface area (Å²) < 4.78 is 0. The Labute approximate surface area is 157 Å².